The van der Waals surface area contributed by atoms with Gasteiger partial charge in [0.2, 0.25) is 0 Å². The summed E-state index contributed by atoms with van der Waals surface area (Å²) in [6.07, 6.45) is 1.81. The molecule has 0 heterocycles. The van der Waals surface area contributed by atoms with Gasteiger partial charge in [0.1, 0.15) is 12.2 Å². The first kappa shape index (κ1) is 16.6. The zero-order valence-electron chi connectivity index (χ0n) is 12.4. The molecule has 2 unspecified atom stereocenters. The molecule has 116 valence electrons. The predicted molar refractivity (Wildman–Crippen MR) is 71.4 cm³/mol. The molecule has 2 atom stereocenters. The molecule has 1 fully saturated rings. The van der Waals surface area contributed by atoms with Gasteiger partial charge in [-0.25, -0.2) is 9.59 Å². The van der Waals surface area contributed by atoms with E-state index in [4.69, 9.17) is 14.2 Å². The summed E-state index contributed by atoms with van der Waals surface area (Å²) >= 11 is 0. The molecule has 1 rings (SSSR count). The second kappa shape index (κ2) is 8.66. The van der Waals surface area contributed by atoms with E-state index in [1.54, 1.807) is 0 Å². The third-order valence-electron chi connectivity index (χ3n) is 3.19. The molecule has 0 aliphatic heterocycles. The number of carbonyl (C=O) groups is 2. The standard InChI is InChI=1S/C14H24O6/c1-10(2)7-8-18-14(16)20-12-6-4-5-11(9-12)19-13(15)17-3/h10-12H,4-9H2,1-3H3. The molecule has 0 radical (unpaired) electrons. The SMILES string of the molecule is COC(=O)OC1CCCC(OC(=O)OCCC(C)C)C1. The number of hydrogen-bond acceptors (Lipinski definition) is 6. The van der Waals surface area contributed by atoms with Gasteiger partial charge in [0.25, 0.3) is 0 Å². The van der Waals surface area contributed by atoms with Crippen molar-refractivity contribution in [3.63, 3.8) is 0 Å². The highest BCUT2D eigenvalue weighted by Gasteiger charge is 2.28. The van der Waals surface area contributed by atoms with Crippen molar-refractivity contribution in [3.05, 3.63) is 0 Å². The Labute approximate surface area is 119 Å². The first-order valence-corrected chi connectivity index (χ1v) is 7.09. The van der Waals surface area contributed by atoms with Crippen molar-refractivity contribution in [1.82, 2.24) is 0 Å². The lowest BCUT2D eigenvalue weighted by Gasteiger charge is -2.27. The Morgan fingerprint density at radius 2 is 1.70 bits per heavy atom. The molecule has 0 spiro atoms. The molecule has 0 amide bonds. The zero-order chi connectivity index (χ0) is 15.0. The summed E-state index contributed by atoms with van der Waals surface area (Å²) in [7, 11) is 1.27. The van der Waals surface area contributed by atoms with Gasteiger partial charge in [-0.15, -0.1) is 0 Å². The largest absolute Gasteiger partial charge is 0.508 e. The Hall–Kier alpha value is -1.46. The van der Waals surface area contributed by atoms with Crippen LogP contribution >= 0.6 is 0 Å². The van der Waals surface area contributed by atoms with Gasteiger partial charge in [-0.3, -0.25) is 0 Å². The maximum atomic E-state index is 11.5. The Bertz CT molecular complexity index is 315. The minimum Gasteiger partial charge on any atom is -0.438 e. The Morgan fingerprint density at radius 1 is 1.10 bits per heavy atom. The molecule has 0 aromatic rings. The van der Waals surface area contributed by atoms with Gasteiger partial charge in [-0.1, -0.05) is 13.8 Å². The van der Waals surface area contributed by atoms with E-state index >= 15 is 0 Å². The van der Waals surface area contributed by atoms with Crippen molar-refractivity contribution < 1.29 is 28.5 Å². The summed E-state index contributed by atoms with van der Waals surface area (Å²) in [4.78, 5) is 22.5. The molecular weight excluding hydrogens is 264 g/mol. The first-order chi connectivity index (χ1) is 9.51. The van der Waals surface area contributed by atoms with Crippen molar-refractivity contribution in [3.8, 4) is 0 Å². The first-order valence-electron chi connectivity index (χ1n) is 7.09. The summed E-state index contributed by atoms with van der Waals surface area (Å²) < 4.78 is 19.7. The van der Waals surface area contributed by atoms with Gasteiger partial charge in [-0.2, -0.15) is 0 Å². The monoisotopic (exact) mass is 288 g/mol. The summed E-state index contributed by atoms with van der Waals surface area (Å²) in [5.41, 5.74) is 0. The molecule has 20 heavy (non-hydrogen) atoms. The molecule has 6 heteroatoms. The number of hydrogen-bond donors (Lipinski definition) is 0. The minimum absolute atomic E-state index is 0.259. The quantitative estimate of drug-likeness (QED) is 0.723. The van der Waals surface area contributed by atoms with Crippen molar-refractivity contribution in [1.29, 1.82) is 0 Å². The maximum Gasteiger partial charge on any atom is 0.508 e. The molecule has 1 aliphatic carbocycles. The van der Waals surface area contributed by atoms with Crippen LogP contribution in [0.25, 0.3) is 0 Å². The average molecular weight is 288 g/mol. The third kappa shape index (κ3) is 6.63. The Morgan fingerprint density at radius 3 is 2.25 bits per heavy atom. The summed E-state index contributed by atoms with van der Waals surface area (Å²) in [5.74, 6) is 0.482. The third-order valence-corrected chi connectivity index (χ3v) is 3.19. The Kier molecular flexibility index (Phi) is 7.18. The topological polar surface area (TPSA) is 71.1 Å². The molecule has 1 aliphatic rings. The van der Waals surface area contributed by atoms with Crippen LogP contribution in [-0.2, 0) is 18.9 Å². The summed E-state index contributed by atoms with van der Waals surface area (Å²) in [6, 6.07) is 0. The van der Waals surface area contributed by atoms with E-state index in [9.17, 15) is 9.59 Å². The van der Waals surface area contributed by atoms with Crippen molar-refractivity contribution in [2.75, 3.05) is 13.7 Å². The van der Waals surface area contributed by atoms with Crippen LogP contribution in [0.2, 0.25) is 0 Å². The fraction of sp³-hybridized carbons (Fsp3) is 0.857. The average Bonchev–Trinajstić information content (AvgIpc) is 2.38. The van der Waals surface area contributed by atoms with Crippen molar-refractivity contribution >= 4 is 12.3 Å². The number of carbonyl (C=O) groups excluding carboxylic acids is 2. The van der Waals surface area contributed by atoms with Crippen LogP contribution in [0.5, 0.6) is 0 Å². The number of ether oxygens (including phenoxy) is 4. The normalized spacial score (nSPS) is 22.2. The molecule has 0 bridgehead atoms. The van der Waals surface area contributed by atoms with Crippen LogP contribution in [0.4, 0.5) is 9.59 Å². The lowest BCUT2D eigenvalue weighted by atomic mass is 9.95. The summed E-state index contributed by atoms with van der Waals surface area (Å²) in [5, 5.41) is 0. The second-order valence-corrected chi connectivity index (χ2v) is 5.38. The fourth-order valence-electron chi connectivity index (χ4n) is 2.05. The van der Waals surface area contributed by atoms with E-state index in [0.29, 0.717) is 18.9 Å². The van der Waals surface area contributed by atoms with Crippen LogP contribution in [0.15, 0.2) is 0 Å². The van der Waals surface area contributed by atoms with Gasteiger partial charge >= 0.3 is 12.3 Å². The van der Waals surface area contributed by atoms with E-state index in [0.717, 1.165) is 25.7 Å². The highest BCUT2D eigenvalue weighted by molar-refractivity contribution is 5.60. The van der Waals surface area contributed by atoms with Gasteiger partial charge in [0, 0.05) is 6.42 Å². The number of methoxy groups -OCH3 is 1. The van der Waals surface area contributed by atoms with E-state index < -0.39 is 12.3 Å². The molecule has 1 saturated carbocycles. The van der Waals surface area contributed by atoms with Gasteiger partial charge < -0.3 is 18.9 Å². The molecule has 0 aromatic heterocycles. The summed E-state index contributed by atoms with van der Waals surface area (Å²) in [6.45, 7) is 4.49. The van der Waals surface area contributed by atoms with Gasteiger partial charge in [0.15, 0.2) is 0 Å². The maximum absolute atomic E-state index is 11.5. The van der Waals surface area contributed by atoms with Crippen LogP contribution in [0, 0.1) is 5.92 Å². The van der Waals surface area contributed by atoms with E-state index in [-0.39, 0.29) is 12.2 Å². The van der Waals surface area contributed by atoms with E-state index in [1.807, 2.05) is 0 Å². The lowest BCUT2D eigenvalue weighted by Crippen LogP contribution is -2.31. The molecule has 0 aromatic carbocycles. The molecular formula is C14H24O6. The predicted octanol–water partition coefficient (Wildman–Crippen LogP) is 3.28. The fourth-order valence-corrected chi connectivity index (χ4v) is 2.05. The van der Waals surface area contributed by atoms with Gasteiger partial charge in [0.05, 0.1) is 13.7 Å². The van der Waals surface area contributed by atoms with Crippen LogP contribution in [0.1, 0.15) is 46.0 Å². The van der Waals surface area contributed by atoms with E-state index in [2.05, 4.69) is 18.6 Å². The zero-order valence-corrected chi connectivity index (χ0v) is 12.4. The van der Waals surface area contributed by atoms with Crippen molar-refractivity contribution in [2.45, 2.75) is 58.2 Å². The lowest BCUT2D eigenvalue weighted by molar-refractivity contribution is -0.0315. The number of rotatable bonds is 5. The highest BCUT2D eigenvalue weighted by atomic mass is 16.7. The Balaban J connectivity index is 2.25. The smallest absolute Gasteiger partial charge is 0.438 e. The van der Waals surface area contributed by atoms with Crippen LogP contribution < -0.4 is 0 Å². The minimum atomic E-state index is -0.699. The van der Waals surface area contributed by atoms with Crippen molar-refractivity contribution in [2.24, 2.45) is 5.92 Å². The van der Waals surface area contributed by atoms with Crippen LogP contribution in [-0.4, -0.2) is 38.2 Å². The van der Waals surface area contributed by atoms with Gasteiger partial charge in [-0.05, 0) is 31.6 Å². The molecule has 0 saturated heterocycles. The molecule has 6 nitrogen and oxygen atoms in total. The second-order valence-electron chi connectivity index (χ2n) is 5.38. The molecule has 0 N–H and O–H groups in total. The van der Waals surface area contributed by atoms with Crippen LogP contribution in [0.3, 0.4) is 0 Å². The highest BCUT2D eigenvalue weighted by Crippen LogP contribution is 2.24. The van der Waals surface area contributed by atoms with E-state index in [1.165, 1.54) is 7.11 Å².